The van der Waals surface area contributed by atoms with Crippen molar-refractivity contribution in [2.24, 2.45) is 0 Å². The number of thiophene rings is 1. The van der Waals surface area contributed by atoms with E-state index in [4.69, 9.17) is 17.3 Å². The molecule has 2 rings (SSSR count). The third-order valence-corrected chi connectivity index (χ3v) is 4.26. The highest BCUT2D eigenvalue weighted by Gasteiger charge is 2.03. The number of hydrogen-bond donors (Lipinski definition) is 1. The molecule has 0 fully saturated rings. The van der Waals surface area contributed by atoms with E-state index in [1.807, 2.05) is 18.2 Å². The first kappa shape index (κ1) is 14.4. The monoisotopic (exact) mass is 294 g/mol. The van der Waals surface area contributed by atoms with Gasteiger partial charge in [-0.1, -0.05) is 23.7 Å². The molecule has 0 atom stereocenters. The first-order valence-electron chi connectivity index (χ1n) is 6.40. The summed E-state index contributed by atoms with van der Waals surface area (Å²) in [4.78, 5) is 3.65. The zero-order valence-electron chi connectivity index (χ0n) is 11.1. The van der Waals surface area contributed by atoms with Crippen LogP contribution in [0.25, 0.3) is 0 Å². The first-order valence-corrected chi connectivity index (χ1v) is 7.60. The van der Waals surface area contributed by atoms with Crippen molar-refractivity contribution in [3.8, 4) is 0 Å². The molecule has 0 aliphatic carbocycles. The zero-order chi connectivity index (χ0) is 13.7. The van der Waals surface area contributed by atoms with Gasteiger partial charge in [0.2, 0.25) is 0 Å². The topological polar surface area (TPSA) is 29.3 Å². The Morgan fingerprint density at radius 1 is 1.16 bits per heavy atom. The fourth-order valence-electron chi connectivity index (χ4n) is 2.02. The number of benzene rings is 1. The Morgan fingerprint density at radius 2 is 1.89 bits per heavy atom. The smallest absolute Gasteiger partial charge is 0.0931 e. The number of anilines is 1. The summed E-state index contributed by atoms with van der Waals surface area (Å²) < 4.78 is 0.866. The number of aryl methyl sites for hydroxylation is 1. The van der Waals surface area contributed by atoms with Crippen LogP contribution in [0.2, 0.25) is 4.34 Å². The molecule has 2 N–H and O–H groups in total. The quantitative estimate of drug-likeness (QED) is 0.815. The molecule has 0 unspecified atom stereocenters. The van der Waals surface area contributed by atoms with E-state index < -0.39 is 0 Å². The van der Waals surface area contributed by atoms with Crippen LogP contribution in [0, 0.1) is 0 Å². The second kappa shape index (κ2) is 6.94. The molecular formula is C15H19ClN2S. The van der Waals surface area contributed by atoms with Gasteiger partial charge >= 0.3 is 0 Å². The Kier molecular flexibility index (Phi) is 5.25. The van der Waals surface area contributed by atoms with Crippen LogP contribution in [0.15, 0.2) is 36.4 Å². The molecule has 102 valence electrons. The van der Waals surface area contributed by atoms with Crippen LogP contribution in [-0.4, -0.2) is 18.5 Å². The van der Waals surface area contributed by atoms with E-state index in [-0.39, 0.29) is 0 Å². The molecule has 0 amide bonds. The lowest BCUT2D eigenvalue weighted by atomic mass is 10.1. The Morgan fingerprint density at radius 3 is 2.53 bits per heavy atom. The Bertz CT molecular complexity index is 507. The van der Waals surface area contributed by atoms with Crippen LogP contribution >= 0.6 is 22.9 Å². The van der Waals surface area contributed by atoms with Gasteiger partial charge in [0.05, 0.1) is 4.34 Å². The molecule has 1 aromatic heterocycles. The summed E-state index contributed by atoms with van der Waals surface area (Å²) >= 11 is 7.59. The fraction of sp³-hybridized carbons (Fsp3) is 0.333. The maximum atomic E-state index is 5.93. The predicted octanol–water partition coefficient (Wildman–Crippen LogP) is 4.05. The van der Waals surface area contributed by atoms with Crippen molar-refractivity contribution in [2.45, 2.75) is 19.4 Å². The lowest BCUT2D eigenvalue weighted by Gasteiger charge is -2.15. The van der Waals surface area contributed by atoms with Crippen molar-refractivity contribution in [2.75, 3.05) is 19.3 Å². The van der Waals surface area contributed by atoms with Crippen molar-refractivity contribution in [1.29, 1.82) is 0 Å². The first-order chi connectivity index (χ1) is 9.13. The molecule has 2 aromatic rings. The van der Waals surface area contributed by atoms with Crippen molar-refractivity contribution < 1.29 is 0 Å². The number of halogens is 1. The van der Waals surface area contributed by atoms with E-state index in [1.54, 1.807) is 11.3 Å². The molecule has 0 spiro atoms. The van der Waals surface area contributed by atoms with E-state index in [2.05, 4.69) is 30.1 Å². The van der Waals surface area contributed by atoms with Crippen LogP contribution in [0.4, 0.5) is 5.69 Å². The molecule has 4 heteroatoms. The minimum atomic E-state index is 0.829. The average Bonchev–Trinajstić information content (AvgIpc) is 2.77. The highest BCUT2D eigenvalue weighted by Crippen LogP contribution is 2.22. The van der Waals surface area contributed by atoms with Gasteiger partial charge in [-0.05, 0) is 56.3 Å². The summed E-state index contributed by atoms with van der Waals surface area (Å²) in [5, 5.41) is 0. The summed E-state index contributed by atoms with van der Waals surface area (Å²) in [5.41, 5.74) is 7.85. The minimum Gasteiger partial charge on any atom is -0.399 e. The number of nitrogens with two attached hydrogens (primary N) is 1. The van der Waals surface area contributed by atoms with E-state index in [0.29, 0.717) is 0 Å². The van der Waals surface area contributed by atoms with Gasteiger partial charge < -0.3 is 10.6 Å². The number of nitrogen functional groups attached to an aromatic ring is 1. The second-order valence-electron chi connectivity index (χ2n) is 4.79. The lowest BCUT2D eigenvalue weighted by Crippen LogP contribution is -2.18. The van der Waals surface area contributed by atoms with Gasteiger partial charge in [-0.15, -0.1) is 11.3 Å². The molecule has 0 saturated heterocycles. The fourth-order valence-corrected chi connectivity index (χ4v) is 3.19. The van der Waals surface area contributed by atoms with E-state index >= 15 is 0 Å². The van der Waals surface area contributed by atoms with Crippen LogP contribution < -0.4 is 5.73 Å². The van der Waals surface area contributed by atoms with Crippen molar-refractivity contribution in [1.82, 2.24) is 4.90 Å². The normalized spacial score (nSPS) is 11.1. The number of rotatable bonds is 6. The minimum absolute atomic E-state index is 0.829. The zero-order valence-corrected chi connectivity index (χ0v) is 12.7. The summed E-state index contributed by atoms with van der Waals surface area (Å²) in [7, 11) is 2.15. The summed E-state index contributed by atoms with van der Waals surface area (Å²) in [6.45, 7) is 2.05. The average molecular weight is 295 g/mol. The van der Waals surface area contributed by atoms with Gasteiger partial charge in [-0.25, -0.2) is 0 Å². The molecular weight excluding hydrogens is 276 g/mol. The lowest BCUT2D eigenvalue weighted by molar-refractivity contribution is 0.325. The highest BCUT2D eigenvalue weighted by molar-refractivity contribution is 7.16. The maximum absolute atomic E-state index is 5.93. The molecule has 1 aromatic carbocycles. The van der Waals surface area contributed by atoms with Gasteiger partial charge in [0.1, 0.15) is 0 Å². The standard InChI is InChI=1S/C15H19ClN2S/c1-18(11-14-8-9-15(16)19-14)10-2-3-12-4-6-13(17)7-5-12/h4-9H,2-3,10-11,17H2,1H3. The van der Waals surface area contributed by atoms with Crippen molar-refractivity contribution >= 4 is 28.6 Å². The molecule has 0 radical (unpaired) electrons. The number of nitrogens with zero attached hydrogens (tertiary/aromatic N) is 1. The van der Waals surface area contributed by atoms with E-state index in [1.165, 1.54) is 10.4 Å². The molecule has 1 heterocycles. The van der Waals surface area contributed by atoms with Crippen LogP contribution in [-0.2, 0) is 13.0 Å². The molecule has 0 saturated carbocycles. The van der Waals surface area contributed by atoms with Crippen molar-refractivity contribution in [3.63, 3.8) is 0 Å². The third kappa shape index (κ3) is 4.86. The third-order valence-electron chi connectivity index (χ3n) is 3.04. The van der Waals surface area contributed by atoms with Gasteiger partial charge in [0, 0.05) is 17.1 Å². The SMILES string of the molecule is CN(CCCc1ccc(N)cc1)Cc1ccc(Cl)s1. The summed E-state index contributed by atoms with van der Waals surface area (Å²) in [6, 6.07) is 12.2. The molecule has 0 bridgehead atoms. The molecule has 2 nitrogen and oxygen atoms in total. The molecule has 0 aliphatic rings. The Hall–Kier alpha value is -1.03. The van der Waals surface area contributed by atoms with Crippen molar-refractivity contribution in [3.05, 3.63) is 51.2 Å². The molecule has 0 aliphatic heterocycles. The van der Waals surface area contributed by atoms with E-state index in [0.717, 1.165) is 36.0 Å². The summed E-state index contributed by atoms with van der Waals surface area (Å²) in [6.07, 6.45) is 2.25. The van der Waals surface area contributed by atoms with Crippen LogP contribution in [0.5, 0.6) is 0 Å². The van der Waals surface area contributed by atoms with Gasteiger partial charge in [-0.2, -0.15) is 0 Å². The van der Waals surface area contributed by atoms with E-state index in [9.17, 15) is 0 Å². The highest BCUT2D eigenvalue weighted by atomic mass is 35.5. The second-order valence-corrected chi connectivity index (χ2v) is 6.59. The number of hydrogen-bond acceptors (Lipinski definition) is 3. The van der Waals surface area contributed by atoms with Gasteiger partial charge in [-0.3, -0.25) is 0 Å². The Labute approximate surface area is 123 Å². The van der Waals surface area contributed by atoms with Crippen LogP contribution in [0.3, 0.4) is 0 Å². The van der Waals surface area contributed by atoms with Gasteiger partial charge in [0.25, 0.3) is 0 Å². The predicted molar refractivity (Wildman–Crippen MR) is 84.8 cm³/mol. The van der Waals surface area contributed by atoms with Crippen LogP contribution in [0.1, 0.15) is 16.9 Å². The largest absolute Gasteiger partial charge is 0.399 e. The summed E-state index contributed by atoms with van der Waals surface area (Å²) in [5.74, 6) is 0. The Balaban J connectivity index is 1.71. The molecule has 19 heavy (non-hydrogen) atoms. The van der Waals surface area contributed by atoms with Gasteiger partial charge in [0.15, 0.2) is 0 Å². The maximum Gasteiger partial charge on any atom is 0.0931 e.